The summed E-state index contributed by atoms with van der Waals surface area (Å²) in [6.07, 6.45) is 0. The third-order valence-electron chi connectivity index (χ3n) is 5.03. The second kappa shape index (κ2) is 10.1. The van der Waals surface area contributed by atoms with Gasteiger partial charge in [-0.05, 0) is 29.8 Å². The minimum atomic E-state index is -0.272. The highest BCUT2D eigenvalue weighted by molar-refractivity contribution is 7.18. The van der Waals surface area contributed by atoms with E-state index in [1.54, 1.807) is 23.5 Å². The first kappa shape index (κ1) is 20.9. The van der Waals surface area contributed by atoms with E-state index in [1.165, 1.54) is 12.1 Å². The summed E-state index contributed by atoms with van der Waals surface area (Å²) >= 11 is 1.57. The number of nitrogens with zero attached hydrogens (tertiary/aromatic N) is 2. The van der Waals surface area contributed by atoms with E-state index in [-0.39, 0.29) is 24.4 Å². The van der Waals surface area contributed by atoms with Crippen LogP contribution >= 0.6 is 11.3 Å². The number of hydrogen-bond donors (Lipinski definition) is 1. The molecule has 1 atom stereocenters. The number of carbonyl (C=O) groups is 1. The van der Waals surface area contributed by atoms with Crippen molar-refractivity contribution in [3.63, 3.8) is 0 Å². The van der Waals surface area contributed by atoms with Crippen LogP contribution in [0.2, 0.25) is 0 Å². The van der Waals surface area contributed by atoms with E-state index in [9.17, 15) is 9.18 Å². The molecule has 0 spiro atoms. The number of carbonyl (C=O) groups excluding carboxylic acids is 1. The van der Waals surface area contributed by atoms with Crippen LogP contribution in [-0.2, 0) is 20.9 Å². The number of aromatic nitrogens is 1. The van der Waals surface area contributed by atoms with Crippen molar-refractivity contribution in [1.29, 1.82) is 0 Å². The second-order valence-electron chi connectivity index (χ2n) is 7.09. The number of amides is 1. The molecule has 0 saturated carbocycles. The van der Waals surface area contributed by atoms with E-state index in [0.29, 0.717) is 26.4 Å². The quantitative estimate of drug-likeness (QED) is 0.596. The Morgan fingerprint density at radius 1 is 1.20 bits per heavy atom. The summed E-state index contributed by atoms with van der Waals surface area (Å²) in [5.74, 6) is -0.455. The van der Waals surface area contributed by atoms with Crippen LogP contribution in [0.25, 0.3) is 10.2 Å². The van der Waals surface area contributed by atoms with E-state index < -0.39 is 0 Å². The minimum Gasteiger partial charge on any atom is -0.379 e. The number of morpholine rings is 1. The van der Waals surface area contributed by atoms with Gasteiger partial charge in [-0.2, -0.15) is 0 Å². The van der Waals surface area contributed by atoms with Gasteiger partial charge in [-0.15, -0.1) is 11.3 Å². The Labute approximate surface area is 178 Å². The van der Waals surface area contributed by atoms with Crippen LogP contribution in [0.4, 0.5) is 4.39 Å². The van der Waals surface area contributed by atoms with Crippen molar-refractivity contribution in [2.45, 2.75) is 12.6 Å². The van der Waals surface area contributed by atoms with E-state index in [4.69, 9.17) is 9.47 Å². The molecule has 158 valence electrons. The smallest absolute Gasteiger partial charge is 0.246 e. The van der Waals surface area contributed by atoms with Crippen molar-refractivity contribution >= 4 is 27.5 Å². The van der Waals surface area contributed by atoms with Gasteiger partial charge in [-0.25, -0.2) is 9.37 Å². The molecule has 0 bridgehead atoms. The first-order valence-corrected chi connectivity index (χ1v) is 10.8. The zero-order valence-electron chi connectivity index (χ0n) is 16.6. The van der Waals surface area contributed by atoms with Gasteiger partial charge in [0.15, 0.2) is 0 Å². The van der Waals surface area contributed by atoms with Gasteiger partial charge in [0.05, 0.1) is 36.1 Å². The van der Waals surface area contributed by atoms with Crippen molar-refractivity contribution in [2.24, 2.45) is 0 Å². The molecule has 1 unspecified atom stereocenters. The molecule has 2 aromatic carbocycles. The molecule has 1 aliphatic heterocycles. The van der Waals surface area contributed by atoms with Crippen molar-refractivity contribution in [1.82, 2.24) is 15.2 Å². The van der Waals surface area contributed by atoms with E-state index in [1.807, 2.05) is 24.3 Å². The second-order valence-corrected chi connectivity index (χ2v) is 8.20. The largest absolute Gasteiger partial charge is 0.379 e. The maximum absolute atomic E-state index is 13.3. The average molecular weight is 430 g/mol. The van der Waals surface area contributed by atoms with Crippen LogP contribution in [0.1, 0.15) is 16.6 Å². The minimum absolute atomic E-state index is 0.0326. The molecule has 1 N–H and O–H groups in total. The number of rotatable bonds is 8. The zero-order valence-corrected chi connectivity index (χ0v) is 17.4. The van der Waals surface area contributed by atoms with Crippen LogP contribution in [-0.4, -0.2) is 55.2 Å². The monoisotopic (exact) mass is 429 g/mol. The molecule has 30 heavy (non-hydrogen) atoms. The number of nitrogens with one attached hydrogen (secondary N) is 1. The van der Waals surface area contributed by atoms with Crippen LogP contribution in [0.15, 0.2) is 48.5 Å². The molecule has 8 heteroatoms. The number of fused-ring (bicyclic) bond motifs is 1. The number of benzene rings is 2. The number of ether oxygens (including phenoxy) is 2. The lowest BCUT2D eigenvalue weighted by Gasteiger charge is -2.35. The lowest BCUT2D eigenvalue weighted by Crippen LogP contribution is -2.44. The predicted molar refractivity (Wildman–Crippen MR) is 114 cm³/mol. The molecule has 1 amide bonds. The lowest BCUT2D eigenvalue weighted by molar-refractivity contribution is -0.126. The SMILES string of the molecule is O=C(COCc1nc2ccccc2s1)NCC(c1ccc(F)cc1)N1CCOCC1. The molecular weight excluding hydrogens is 405 g/mol. The first-order chi connectivity index (χ1) is 14.7. The first-order valence-electron chi connectivity index (χ1n) is 9.95. The molecule has 1 aromatic heterocycles. The normalized spacial score (nSPS) is 15.9. The molecule has 0 radical (unpaired) electrons. The van der Waals surface area contributed by atoms with E-state index >= 15 is 0 Å². The fourth-order valence-electron chi connectivity index (χ4n) is 3.51. The summed E-state index contributed by atoms with van der Waals surface area (Å²) in [5, 5.41) is 3.80. The van der Waals surface area contributed by atoms with Gasteiger partial charge in [0.1, 0.15) is 17.4 Å². The van der Waals surface area contributed by atoms with Gasteiger partial charge < -0.3 is 14.8 Å². The van der Waals surface area contributed by atoms with Gasteiger partial charge in [-0.1, -0.05) is 24.3 Å². The van der Waals surface area contributed by atoms with Crippen LogP contribution in [0.5, 0.6) is 0 Å². The van der Waals surface area contributed by atoms with Crippen molar-refractivity contribution in [3.8, 4) is 0 Å². The maximum Gasteiger partial charge on any atom is 0.246 e. The maximum atomic E-state index is 13.3. The molecule has 6 nitrogen and oxygen atoms in total. The molecule has 1 saturated heterocycles. The lowest BCUT2D eigenvalue weighted by atomic mass is 10.0. The molecule has 2 heterocycles. The summed E-state index contributed by atoms with van der Waals surface area (Å²) in [5.41, 5.74) is 1.91. The highest BCUT2D eigenvalue weighted by Crippen LogP contribution is 2.23. The van der Waals surface area contributed by atoms with Gasteiger partial charge in [0.2, 0.25) is 5.91 Å². The Kier molecular flexibility index (Phi) is 7.01. The summed E-state index contributed by atoms with van der Waals surface area (Å²) in [4.78, 5) is 19.1. The number of halogens is 1. The number of thiazole rings is 1. The highest BCUT2D eigenvalue weighted by Gasteiger charge is 2.23. The Morgan fingerprint density at radius 3 is 2.73 bits per heavy atom. The number of para-hydroxylation sites is 1. The fourth-order valence-corrected chi connectivity index (χ4v) is 4.41. The van der Waals surface area contributed by atoms with Gasteiger partial charge in [0.25, 0.3) is 0 Å². The predicted octanol–water partition coefficient (Wildman–Crippen LogP) is 3.14. The van der Waals surface area contributed by atoms with E-state index in [0.717, 1.165) is 33.9 Å². The summed E-state index contributed by atoms with van der Waals surface area (Å²) in [6.45, 7) is 3.54. The molecule has 0 aliphatic carbocycles. The standard InChI is InChI=1S/C22H24FN3O3S/c23-17-7-5-16(6-8-17)19(26-9-11-28-12-10-26)13-24-21(27)14-29-15-22-25-18-3-1-2-4-20(18)30-22/h1-8,19H,9-15H2,(H,24,27). The van der Waals surface area contributed by atoms with Gasteiger partial charge in [0, 0.05) is 19.6 Å². The Balaban J connectivity index is 1.29. The van der Waals surface area contributed by atoms with Crippen molar-refractivity contribution in [2.75, 3.05) is 39.5 Å². The zero-order chi connectivity index (χ0) is 20.8. The van der Waals surface area contributed by atoms with E-state index in [2.05, 4.69) is 15.2 Å². The fraction of sp³-hybridized carbons (Fsp3) is 0.364. The summed E-state index contributed by atoms with van der Waals surface area (Å²) < 4.78 is 25.4. The third kappa shape index (κ3) is 5.40. The summed E-state index contributed by atoms with van der Waals surface area (Å²) in [6, 6.07) is 14.3. The molecule has 1 fully saturated rings. The molecular formula is C22H24FN3O3S. The van der Waals surface area contributed by atoms with Crippen molar-refractivity contribution in [3.05, 3.63) is 64.9 Å². The van der Waals surface area contributed by atoms with Crippen molar-refractivity contribution < 1.29 is 18.7 Å². The highest BCUT2D eigenvalue weighted by atomic mass is 32.1. The molecule has 1 aliphatic rings. The van der Waals surface area contributed by atoms with Crippen LogP contribution < -0.4 is 5.32 Å². The van der Waals surface area contributed by atoms with Gasteiger partial charge >= 0.3 is 0 Å². The Hall–Kier alpha value is -2.39. The summed E-state index contributed by atoms with van der Waals surface area (Å²) in [7, 11) is 0. The van der Waals surface area contributed by atoms with Crippen LogP contribution in [0, 0.1) is 5.82 Å². The number of hydrogen-bond acceptors (Lipinski definition) is 6. The Morgan fingerprint density at radius 2 is 1.97 bits per heavy atom. The van der Waals surface area contributed by atoms with Crippen LogP contribution in [0.3, 0.4) is 0 Å². The third-order valence-corrected chi connectivity index (χ3v) is 6.04. The average Bonchev–Trinajstić information content (AvgIpc) is 3.19. The van der Waals surface area contributed by atoms with Gasteiger partial charge in [-0.3, -0.25) is 9.69 Å². The topological polar surface area (TPSA) is 63.7 Å². The molecule has 4 rings (SSSR count). The molecule has 3 aromatic rings. The Bertz CT molecular complexity index is 940.